The fourth-order valence-electron chi connectivity index (χ4n) is 7.13. The highest BCUT2D eigenvalue weighted by Gasteiger charge is 2.54. The van der Waals surface area contributed by atoms with Crippen molar-refractivity contribution in [3.63, 3.8) is 0 Å². The zero-order valence-corrected chi connectivity index (χ0v) is 38.2. The summed E-state index contributed by atoms with van der Waals surface area (Å²) >= 11 is 13.6. The molecule has 0 bridgehead atoms. The van der Waals surface area contributed by atoms with Crippen LogP contribution in [-0.4, -0.2) is 67.3 Å². The van der Waals surface area contributed by atoms with Gasteiger partial charge in [-0.3, -0.25) is 0 Å². The second kappa shape index (κ2) is 20.2. The number of carbonyl (C=O) groups excluding carboxylic acids is 4. The van der Waals surface area contributed by atoms with Gasteiger partial charge in [0.15, 0.2) is 24.6 Å². The predicted molar refractivity (Wildman–Crippen MR) is 229 cm³/mol. The second-order valence-electron chi connectivity index (χ2n) is 14.8. The van der Waals surface area contributed by atoms with Crippen molar-refractivity contribution in [2.75, 3.05) is 6.61 Å². The van der Waals surface area contributed by atoms with Crippen LogP contribution in [-0.2, 0) is 28.4 Å². The summed E-state index contributed by atoms with van der Waals surface area (Å²) in [7, 11) is 0. The van der Waals surface area contributed by atoms with Crippen LogP contribution >= 0.6 is 63.7 Å². The maximum absolute atomic E-state index is 14.1. The Kier molecular flexibility index (Phi) is 15.4. The quantitative estimate of drug-likeness (QED) is 0.100. The van der Waals surface area contributed by atoms with Crippen molar-refractivity contribution < 1.29 is 47.6 Å². The van der Waals surface area contributed by atoms with Crippen LogP contribution in [0.15, 0.2) is 115 Å². The molecule has 6 rings (SSSR count). The average Bonchev–Trinajstić information content (AvgIpc) is 3.20. The number of ether oxygens (including phenoxy) is 6. The predicted octanol–water partition coefficient (Wildman–Crippen LogP) is 10.8. The number of esters is 4. The van der Waals surface area contributed by atoms with E-state index in [0.29, 0.717) is 12.3 Å². The summed E-state index contributed by atoms with van der Waals surface area (Å²) in [5.41, 5.74) is 0.845. The molecule has 0 N–H and O–H groups in total. The van der Waals surface area contributed by atoms with Crippen molar-refractivity contribution in [3.05, 3.63) is 137 Å². The molecule has 0 unspecified atom stereocenters. The van der Waals surface area contributed by atoms with Gasteiger partial charge >= 0.3 is 23.9 Å². The number of carbonyl (C=O) groups is 4. The average molecular weight is 1050 g/mol. The van der Waals surface area contributed by atoms with E-state index in [-0.39, 0.29) is 40.2 Å². The molecular formula is C44H42Br4O10. The number of benzene rings is 4. The first-order valence-corrected chi connectivity index (χ1v) is 22.1. The largest absolute Gasteiger partial charge is 0.459 e. The lowest BCUT2D eigenvalue weighted by Gasteiger charge is -2.47. The van der Waals surface area contributed by atoms with Crippen molar-refractivity contribution in [1.82, 2.24) is 0 Å². The minimum absolute atomic E-state index is 0.132. The first-order valence-electron chi connectivity index (χ1n) is 18.9. The molecule has 1 aliphatic carbocycles. The normalized spacial score (nSPS) is 24.4. The van der Waals surface area contributed by atoms with Gasteiger partial charge < -0.3 is 28.4 Å². The zero-order chi connectivity index (χ0) is 41.5. The van der Waals surface area contributed by atoms with Crippen molar-refractivity contribution in [2.45, 2.75) is 76.8 Å². The van der Waals surface area contributed by atoms with Crippen molar-refractivity contribution in [3.8, 4) is 0 Å². The number of hydrogen-bond acceptors (Lipinski definition) is 10. The van der Waals surface area contributed by atoms with E-state index in [2.05, 4.69) is 84.5 Å². The molecule has 306 valence electrons. The minimum Gasteiger partial charge on any atom is -0.459 e. The van der Waals surface area contributed by atoms with Crippen LogP contribution in [0.2, 0.25) is 0 Å². The highest BCUT2D eigenvalue weighted by atomic mass is 79.9. The van der Waals surface area contributed by atoms with Gasteiger partial charge in [0.2, 0.25) is 0 Å². The first kappa shape index (κ1) is 44.2. The maximum Gasteiger partial charge on any atom is 0.338 e. The first-order chi connectivity index (χ1) is 27.7. The van der Waals surface area contributed by atoms with Gasteiger partial charge in [-0.1, -0.05) is 90.9 Å². The number of rotatable bonds is 12. The van der Waals surface area contributed by atoms with Crippen molar-refractivity contribution in [2.24, 2.45) is 17.8 Å². The molecule has 1 saturated heterocycles. The number of halogens is 4. The molecule has 0 aromatic heterocycles. The topological polar surface area (TPSA) is 124 Å². The van der Waals surface area contributed by atoms with E-state index >= 15 is 0 Å². The van der Waals surface area contributed by atoms with Crippen LogP contribution in [0.3, 0.4) is 0 Å². The summed E-state index contributed by atoms with van der Waals surface area (Å²) in [5, 5.41) is 0. The van der Waals surface area contributed by atoms with E-state index in [9.17, 15) is 19.2 Å². The summed E-state index contributed by atoms with van der Waals surface area (Å²) in [5.74, 6) is -2.28. The number of hydrogen-bond donors (Lipinski definition) is 0. The monoisotopic (exact) mass is 1050 g/mol. The van der Waals surface area contributed by atoms with Crippen LogP contribution in [0.1, 0.15) is 81.5 Å². The Balaban J connectivity index is 1.44. The van der Waals surface area contributed by atoms with Gasteiger partial charge in [0.05, 0.1) is 28.4 Å². The molecule has 1 saturated carbocycles. The summed E-state index contributed by atoms with van der Waals surface area (Å²) in [6, 6.07) is 26.2. The summed E-state index contributed by atoms with van der Waals surface area (Å²) in [6.07, 6.45) is -4.75. The van der Waals surface area contributed by atoms with Gasteiger partial charge in [-0.25, -0.2) is 19.2 Å². The standard InChI is InChI=1S/C44H42Br4O10/c1-24(2)34-21-4-25(3)22-35(34)54-44-39(58-43(52)29-11-19-33(48)20-12-29)38(57-42(51)28-9-17-32(47)18-10-28)37(56-41(50)27-7-15-31(46)16-8-27)36(55-44)23-53-40(49)26-5-13-30(45)14-6-26/h5-20,24-25,34-39,44H,4,21-23H2,1-3H3/t25-,34+,35-,36+,37+,38-,39-,44+/m0/s1. The van der Waals surface area contributed by atoms with Crippen LogP contribution in [0.5, 0.6) is 0 Å². The fourth-order valence-corrected chi connectivity index (χ4v) is 8.18. The third-order valence-corrected chi connectivity index (χ3v) is 12.4. The summed E-state index contributed by atoms with van der Waals surface area (Å²) in [6.45, 7) is 5.98. The van der Waals surface area contributed by atoms with Crippen molar-refractivity contribution in [1.29, 1.82) is 0 Å². The Morgan fingerprint density at radius 3 is 1.41 bits per heavy atom. The second-order valence-corrected chi connectivity index (χ2v) is 18.4. The Morgan fingerprint density at radius 2 is 0.983 bits per heavy atom. The molecule has 2 aliphatic rings. The third kappa shape index (κ3) is 11.4. The molecule has 0 radical (unpaired) electrons. The molecule has 8 atom stereocenters. The molecule has 0 amide bonds. The van der Waals surface area contributed by atoms with Crippen LogP contribution in [0, 0.1) is 17.8 Å². The van der Waals surface area contributed by atoms with Crippen LogP contribution < -0.4 is 0 Å². The Hall–Kier alpha value is -3.40. The van der Waals surface area contributed by atoms with E-state index in [0.717, 1.165) is 30.7 Å². The molecule has 1 aliphatic heterocycles. The van der Waals surface area contributed by atoms with Crippen LogP contribution in [0.4, 0.5) is 0 Å². The van der Waals surface area contributed by atoms with E-state index in [4.69, 9.17) is 28.4 Å². The lowest BCUT2D eigenvalue weighted by atomic mass is 9.75. The van der Waals surface area contributed by atoms with Gasteiger partial charge in [-0.2, -0.15) is 0 Å². The van der Waals surface area contributed by atoms with Gasteiger partial charge in [0.25, 0.3) is 0 Å². The third-order valence-electron chi connectivity index (χ3n) is 10.3. The molecule has 14 heteroatoms. The zero-order valence-electron chi connectivity index (χ0n) is 31.9. The lowest BCUT2D eigenvalue weighted by Crippen LogP contribution is -2.64. The SMILES string of the molecule is CC(C)[C@H]1CC[C@H](C)C[C@@H]1O[C@@H]1O[C@H](COC(=O)c2ccc(Br)cc2)[C@@H](OC(=O)c2ccc(Br)cc2)[C@H](OC(=O)c2ccc(Br)cc2)[C@@H]1OC(=O)c1ccc(Br)cc1. The molecule has 58 heavy (non-hydrogen) atoms. The molecule has 4 aromatic carbocycles. The Labute approximate surface area is 371 Å². The van der Waals surface area contributed by atoms with Gasteiger partial charge in [-0.15, -0.1) is 0 Å². The molecule has 0 spiro atoms. The van der Waals surface area contributed by atoms with E-state index in [1.165, 1.54) is 0 Å². The highest BCUT2D eigenvalue weighted by Crippen LogP contribution is 2.39. The van der Waals surface area contributed by atoms with E-state index < -0.39 is 61.2 Å². The smallest absolute Gasteiger partial charge is 0.338 e. The molecule has 10 nitrogen and oxygen atoms in total. The molecule has 1 heterocycles. The highest BCUT2D eigenvalue weighted by molar-refractivity contribution is 9.11. The van der Waals surface area contributed by atoms with Gasteiger partial charge in [0.1, 0.15) is 12.7 Å². The maximum atomic E-state index is 14.1. The van der Waals surface area contributed by atoms with Gasteiger partial charge in [0, 0.05) is 17.9 Å². The minimum atomic E-state index is -1.51. The van der Waals surface area contributed by atoms with Crippen molar-refractivity contribution >= 4 is 87.6 Å². The summed E-state index contributed by atoms with van der Waals surface area (Å²) in [4.78, 5) is 55.4. The molecular weight excluding hydrogens is 1010 g/mol. The van der Waals surface area contributed by atoms with E-state index in [1.54, 1.807) is 97.1 Å². The Morgan fingerprint density at radius 1 is 0.586 bits per heavy atom. The molecule has 2 fully saturated rings. The lowest BCUT2D eigenvalue weighted by molar-refractivity contribution is -0.315. The van der Waals surface area contributed by atoms with Gasteiger partial charge in [-0.05, 0) is 128 Å². The molecule has 4 aromatic rings. The van der Waals surface area contributed by atoms with E-state index in [1.807, 2.05) is 0 Å². The van der Waals surface area contributed by atoms with Crippen LogP contribution in [0.25, 0.3) is 0 Å². The fraction of sp³-hybridized carbons (Fsp3) is 0.364. The Bertz CT molecular complexity index is 2040. The summed E-state index contributed by atoms with van der Waals surface area (Å²) < 4.78 is 41.0.